The van der Waals surface area contributed by atoms with E-state index < -0.39 is 0 Å². The molecular weight excluding hydrogens is 281 g/mol. The first-order valence-corrected chi connectivity index (χ1v) is 5.83. The number of aromatic amines is 1. The SMILES string of the molecule is CC(Cl)CCN(C)c1nc[nH]c(=O)c1Br. The minimum absolute atomic E-state index is 0.119. The van der Waals surface area contributed by atoms with Gasteiger partial charge in [-0.2, -0.15) is 0 Å². The van der Waals surface area contributed by atoms with Crippen molar-refractivity contribution in [3.05, 3.63) is 21.2 Å². The van der Waals surface area contributed by atoms with Gasteiger partial charge in [-0.25, -0.2) is 4.98 Å². The van der Waals surface area contributed by atoms with E-state index >= 15 is 0 Å². The van der Waals surface area contributed by atoms with E-state index in [1.807, 2.05) is 18.9 Å². The molecule has 0 bridgehead atoms. The van der Waals surface area contributed by atoms with Crippen LogP contribution in [0.1, 0.15) is 13.3 Å². The van der Waals surface area contributed by atoms with Crippen molar-refractivity contribution < 1.29 is 0 Å². The van der Waals surface area contributed by atoms with Crippen molar-refractivity contribution in [3.8, 4) is 0 Å². The van der Waals surface area contributed by atoms with E-state index in [1.54, 1.807) is 0 Å². The maximum absolute atomic E-state index is 11.3. The number of rotatable bonds is 4. The van der Waals surface area contributed by atoms with Crippen LogP contribution in [-0.4, -0.2) is 28.9 Å². The summed E-state index contributed by atoms with van der Waals surface area (Å²) < 4.78 is 0.453. The summed E-state index contributed by atoms with van der Waals surface area (Å²) in [4.78, 5) is 19.8. The minimum Gasteiger partial charge on any atom is -0.358 e. The topological polar surface area (TPSA) is 49.0 Å². The largest absolute Gasteiger partial charge is 0.358 e. The molecule has 84 valence electrons. The van der Waals surface area contributed by atoms with Crippen molar-refractivity contribution in [1.29, 1.82) is 0 Å². The van der Waals surface area contributed by atoms with E-state index in [-0.39, 0.29) is 10.9 Å². The van der Waals surface area contributed by atoms with Gasteiger partial charge in [0.1, 0.15) is 10.3 Å². The average molecular weight is 295 g/mol. The third-order valence-corrected chi connectivity index (χ3v) is 2.93. The van der Waals surface area contributed by atoms with Crippen molar-refractivity contribution in [1.82, 2.24) is 9.97 Å². The summed E-state index contributed by atoms with van der Waals surface area (Å²) in [5.74, 6) is 0.635. The van der Waals surface area contributed by atoms with Crippen molar-refractivity contribution in [2.75, 3.05) is 18.5 Å². The lowest BCUT2D eigenvalue weighted by Crippen LogP contribution is -2.24. The van der Waals surface area contributed by atoms with Gasteiger partial charge in [-0.15, -0.1) is 11.6 Å². The molecule has 1 aromatic heterocycles. The van der Waals surface area contributed by atoms with Gasteiger partial charge in [0.05, 0.1) is 6.33 Å². The maximum atomic E-state index is 11.3. The third kappa shape index (κ3) is 3.50. The van der Waals surface area contributed by atoms with Crippen LogP contribution in [0.25, 0.3) is 0 Å². The Morgan fingerprint density at radius 1 is 1.73 bits per heavy atom. The quantitative estimate of drug-likeness (QED) is 0.864. The zero-order valence-electron chi connectivity index (χ0n) is 8.63. The predicted molar refractivity (Wildman–Crippen MR) is 65.8 cm³/mol. The standard InChI is InChI=1S/C9H13BrClN3O/c1-6(11)3-4-14(2)8-7(10)9(15)13-5-12-8/h5-6H,3-4H2,1-2H3,(H,12,13,15). The molecule has 15 heavy (non-hydrogen) atoms. The molecule has 0 amide bonds. The van der Waals surface area contributed by atoms with Gasteiger partial charge in [0, 0.05) is 19.0 Å². The minimum atomic E-state index is -0.175. The van der Waals surface area contributed by atoms with Crippen LogP contribution in [0, 0.1) is 0 Å². The fraction of sp³-hybridized carbons (Fsp3) is 0.556. The molecule has 1 atom stereocenters. The normalized spacial score (nSPS) is 12.5. The molecule has 0 saturated carbocycles. The zero-order valence-corrected chi connectivity index (χ0v) is 11.0. The summed E-state index contributed by atoms with van der Waals surface area (Å²) in [6.07, 6.45) is 2.24. The number of hydrogen-bond donors (Lipinski definition) is 1. The molecule has 1 unspecified atom stereocenters. The highest BCUT2D eigenvalue weighted by Gasteiger charge is 2.10. The first-order valence-electron chi connectivity index (χ1n) is 4.60. The van der Waals surface area contributed by atoms with E-state index in [0.717, 1.165) is 13.0 Å². The molecule has 0 spiro atoms. The summed E-state index contributed by atoms with van der Waals surface area (Å²) in [6.45, 7) is 2.70. The van der Waals surface area contributed by atoms with Crippen molar-refractivity contribution in [2.45, 2.75) is 18.7 Å². The lowest BCUT2D eigenvalue weighted by molar-refractivity contribution is 0.761. The Balaban J connectivity index is 2.78. The van der Waals surface area contributed by atoms with Crippen LogP contribution in [0.15, 0.2) is 15.6 Å². The fourth-order valence-corrected chi connectivity index (χ4v) is 1.73. The van der Waals surface area contributed by atoms with E-state index in [9.17, 15) is 4.79 Å². The van der Waals surface area contributed by atoms with Gasteiger partial charge in [0.25, 0.3) is 5.56 Å². The molecule has 0 aliphatic heterocycles. The Bertz CT molecular complexity index is 380. The molecule has 1 N–H and O–H groups in total. The highest BCUT2D eigenvalue weighted by molar-refractivity contribution is 9.10. The Morgan fingerprint density at radius 3 is 3.00 bits per heavy atom. The molecule has 4 nitrogen and oxygen atoms in total. The van der Waals surface area contributed by atoms with Gasteiger partial charge in [0.15, 0.2) is 0 Å². The van der Waals surface area contributed by atoms with Crippen molar-refractivity contribution in [3.63, 3.8) is 0 Å². The van der Waals surface area contributed by atoms with E-state index in [1.165, 1.54) is 6.33 Å². The van der Waals surface area contributed by atoms with Crippen LogP contribution in [0.2, 0.25) is 0 Å². The molecule has 0 radical (unpaired) electrons. The monoisotopic (exact) mass is 293 g/mol. The third-order valence-electron chi connectivity index (χ3n) is 2.00. The molecule has 0 saturated heterocycles. The summed E-state index contributed by atoms with van der Waals surface area (Å²) in [5, 5.41) is 0.119. The number of nitrogens with one attached hydrogen (secondary N) is 1. The Kier molecular flexibility index (Phi) is 4.60. The Hall–Kier alpha value is -0.550. The van der Waals surface area contributed by atoms with Gasteiger partial charge < -0.3 is 9.88 Å². The van der Waals surface area contributed by atoms with E-state index in [2.05, 4.69) is 25.9 Å². The lowest BCUT2D eigenvalue weighted by Gasteiger charge is -2.19. The molecule has 6 heteroatoms. The smallest absolute Gasteiger partial charge is 0.267 e. The molecule has 0 aliphatic carbocycles. The summed E-state index contributed by atoms with van der Waals surface area (Å²) >= 11 is 9.06. The number of nitrogens with zero attached hydrogens (tertiary/aromatic N) is 2. The van der Waals surface area contributed by atoms with Crippen LogP contribution in [0.3, 0.4) is 0 Å². The highest BCUT2D eigenvalue weighted by atomic mass is 79.9. The summed E-state index contributed by atoms with van der Waals surface area (Å²) in [6, 6.07) is 0. The van der Waals surface area contributed by atoms with Gasteiger partial charge in [-0.05, 0) is 29.3 Å². The van der Waals surface area contributed by atoms with Crippen LogP contribution < -0.4 is 10.5 Å². The van der Waals surface area contributed by atoms with Crippen LogP contribution in [0.5, 0.6) is 0 Å². The average Bonchev–Trinajstić information content (AvgIpc) is 2.18. The Morgan fingerprint density at radius 2 is 2.40 bits per heavy atom. The number of H-pyrrole nitrogens is 1. The summed E-state index contributed by atoms with van der Waals surface area (Å²) in [7, 11) is 1.88. The number of alkyl halides is 1. The molecule has 1 aromatic rings. The second-order valence-electron chi connectivity index (χ2n) is 3.36. The van der Waals surface area contributed by atoms with Crippen LogP contribution in [-0.2, 0) is 0 Å². The zero-order chi connectivity index (χ0) is 11.4. The second-order valence-corrected chi connectivity index (χ2v) is 4.90. The van der Waals surface area contributed by atoms with Gasteiger partial charge >= 0.3 is 0 Å². The fourth-order valence-electron chi connectivity index (χ4n) is 1.12. The van der Waals surface area contributed by atoms with Gasteiger partial charge in [-0.1, -0.05) is 0 Å². The highest BCUT2D eigenvalue weighted by Crippen LogP contribution is 2.18. The van der Waals surface area contributed by atoms with E-state index in [0.29, 0.717) is 10.3 Å². The number of halogens is 2. The van der Waals surface area contributed by atoms with Crippen LogP contribution >= 0.6 is 27.5 Å². The van der Waals surface area contributed by atoms with Gasteiger partial charge in [-0.3, -0.25) is 4.79 Å². The predicted octanol–water partition coefficient (Wildman–Crippen LogP) is 1.99. The number of hydrogen-bond acceptors (Lipinski definition) is 3. The summed E-state index contributed by atoms with van der Waals surface area (Å²) in [5.41, 5.74) is -0.175. The number of aromatic nitrogens is 2. The van der Waals surface area contributed by atoms with Crippen molar-refractivity contribution in [2.24, 2.45) is 0 Å². The first kappa shape index (κ1) is 12.5. The van der Waals surface area contributed by atoms with E-state index in [4.69, 9.17) is 11.6 Å². The number of anilines is 1. The van der Waals surface area contributed by atoms with Crippen LogP contribution in [0.4, 0.5) is 5.82 Å². The molecular formula is C9H13BrClN3O. The van der Waals surface area contributed by atoms with Gasteiger partial charge in [0.2, 0.25) is 0 Å². The Labute approximate surface area is 102 Å². The molecule has 1 heterocycles. The molecule has 0 fully saturated rings. The second kappa shape index (κ2) is 5.51. The molecule has 0 aliphatic rings. The lowest BCUT2D eigenvalue weighted by atomic mass is 10.3. The first-order chi connectivity index (χ1) is 7.02. The maximum Gasteiger partial charge on any atom is 0.267 e. The molecule has 0 aromatic carbocycles. The van der Waals surface area contributed by atoms with Crippen molar-refractivity contribution >= 4 is 33.3 Å². The molecule has 1 rings (SSSR count).